The Morgan fingerprint density at radius 2 is 2.00 bits per heavy atom. The molecule has 1 heterocycles. The molecule has 0 spiro atoms. The molecule has 0 bridgehead atoms. The number of thioether (sulfide) groups is 1. The van der Waals surface area contributed by atoms with E-state index in [0.717, 1.165) is 11.6 Å². The number of hydrogen-bond acceptors (Lipinski definition) is 3. The number of benzene rings is 1. The van der Waals surface area contributed by atoms with Gasteiger partial charge in [-0.1, -0.05) is 17.7 Å². The van der Waals surface area contributed by atoms with Crippen LogP contribution in [0, 0.1) is 13.8 Å². The summed E-state index contributed by atoms with van der Waals surface area (Å²) < 4.78 is 0. The summed E-state index contributed by atoms with van der Waals surface area (Å²) in [5.74, 6) is 1.90. The molecule has 2 nitrogen and oxygen atoms in total. The van der Waals surface area contributed by atoms with Gasteiger partial charge in [-0.2, -0.15) is 0 Å². The van der Waals surface area contributed by atoms with Gasteiger partial charge < -0.3 is 5.32 Å². The third-order valence-electron chi connectivity index (χ3n) is 2.81. The molecule has 0 saturated carbocycles. The second-order valence-electron chi connectivity index (χ2n) is 4.36. The second-order valence-corrected chi connectivity index (χ2v) is 5.37. The highest BCUT2D eigenvalue weighted by molar-refractivity contribution is 7.98. The van der Waals surface area contributed by atoms with E-state index in [2.05, 4.69) is 54.5 Å². The summed E-state index contributed by atoms with van der Waals surface area (Å²) in [6.45, 7) is 4.30. The molecule has 2 aromatic rings. The lowest BCUT2D eigenvalue weighted by atomic mass is 10.2. The number of pyridine rings is 1. The molecule has 0 aliphatic rings. The van der Waals surface area contributed by atoms with Crippen LogP contribution in [0.5, 0.6) is 0 Å². The lowest BCUT2D eigenvalue weighted by Gasteiger charge is -2.07. The lowest BCUT2D eigenvalue weighted by Crippen LogP contribution is -1.93. The number of anilines is 1. The Kier molecular flexibility index (Phi) is 4.26. The molecule has 3 heteroatoms. The third-order valence-corrected chi connectivity index (χ3v) is 4.05. The molecule has 1 N–H and O–H groups in total. The Labute approximate surface area is 113 Å². The van der Waals surface area contributed by atoms with E-state index in [9.17, 15) is 0 Å². The van der Waals surface area contributed by atoms with Crippen LogP contribution in [-0.4, -0.2) is 12.0 Å². The van der Waals surface area contributed by atoms with Crippen molar-refractivity contribution in [1.82, 2.24) is 4.98 Å². The predicted molar refractivity (Wildman–Crippen MR) is 79.3 cm³/mol. The minimum absolute atomic E-state index is 0.925. The highest BCUT2D eigenvalue weighted by Crippen LogP contribution is 2.26. The maximum atomic E-state index is 4.22. The minimum atomic E-state index is 0.925. The average molecular weight is 258 g/mol. The maximum absolute atomic E-state index is 4.22. The van der Waals surface area contributed by atoms with Crippen LogP contribution in [0.2, 0.25) is 0 Å². The van der Waals surface area contributed by atoms with Crippen molar-refractivity contribution in [3.8, 4) is 0 Å². The molecular weight excluding hydrogens is 240 g/mol. The van der Waals surface area contributed by atoms with Gasteiger partial charge >= 0.3 is 0 Å². The zero-order valence-corrected chi connectivity index (χ0v) is 11.8. The second kappa shape index (κ2) is 5.91. The number of nitrogens with one attached hydrogen (secondary N) is 1. The quantitative estimate of drug-likeness (QED) is 0.838. The van der Waals surface area contributed by atoms with E-state index in [1.807, 2.05) is 25.0 Å². The van der Waals surface area contributed by atoms with Crippen LogP contribution in [0.3, 0.4) is 0 Å². The zero-order valence-electron chi connectivity index (χ0n) is 11.0. The highest BCUT2D eigenvalue weighted by Gasteiger charge is 2.01. The van der Waals surface area contributed by atoms with Gasteiger partial charge in [-0.3, -0.25) is 0 Å². The summed E-state index contributed by atoms with van der Waals surface area (Å²) in [7, 11) is 1.89. The van der Waals surface area contributed by atoms with E-state index in [-0.39, 0.29) is 0 Å². The molecule has 1 aromatic carbocycles. The summed E-state index contributed by atoms with van der Waals surface area (Å²) in [5.41, 5.74) is 3.96. The van der Waals surface area contributed by atoms with Gasteiger partial charge in [0.2, 0.25) is 0 Å². The molecule has 1 aromatic heterocycles. The van der Waals surface area contributed by atoms with Crippen LogP contribution in [-0.2, 0) is 5.75 Å². The maximum Gasteiger partial charge on any atom is 0.125 e. The fourth-order valence-corrected chi connectivity index (χ4v) is 2.78. The Bertz CT molecular complexity index is 538. The highest BCUT2D eigenvalue weighted by atomic mass is 32.2. The summed E-state index contributed by atoms with van der Waals surface area (Å²) in [5, 5.41) is 3.06. The van der Waals surface area contributed by atoms with Crippen molar-refractivity contribution in [3.05, 3.63) is 53.2 Å². The number of aryl methyl sites for hydroxylation is 2. The first-order valence-electron chi connectivity index (χ1n) is 6.02. The Morgan fingerprint density at radius 3 is 2.72 bits per heavy atom. The summed E-state index contributed by atoms with van der Waals surface area (Å²) in [6.07, 6.45) is 1.85. The monoisotopic (exact) mass is 258 g/mol. The van der Waals surface area contributed by atoms with Gasteiger partial charge in [-0.15, -0.1) is 11.8 Å². The smallest absolute Gasteiger partial charge is 0.125 e. The fraction of sp³-hybridized carbons (Fsp3) is 0.267. The van der Waals surface area contributed by atoms with Gasteiger partial charge in [-0.05, 0) is 43.2 Å². The largest absolute Gasteiger partial charge is 0.373 e. The van der Waals surface area contributed by atoms with E-state index in [4.69, 9.17) is 0 Å². The first-order valence-corrected chi connectivity index (χ1v) is 7.00. The van der Waals surface area contributed by atoms with Gasteiger partial charge in [0.1, 0.15) is 5.82 Å². The number of aromatic nitrogens is 1. The summed E-state index contributed by atoms with van der Waals surface area (Å²) >= 11 is 1.87. The van der Waals surface area contributed by atoms with E-state index in [1.165, 1.54) is 21.6 Å². The first-order chi connectivity index (χ1) is 8.69. The molecule has 94 valence electrons. The Hall–Kier alpha value is -1.48. The minimum Gasteiger partial charge on any atom is -0.373 e. The summed E-state index contributed by atoms with van der Waals surface area (Å²) in [6, 6.07) is 10.8. The van der Waals surface area contributed by atoms with Gasteiger partial charge in [0.25, 0.3) is 0 Å². The van der Waals surface area contributed by atoms with Crippen molar-refractivity contribution < 1.29 is 0 Å². The summed E-state index contributed by atoms with van der Waals surface area (Å²) in [4.78, 5) is 5.57. The van der Waals surface area contributed by atoms with Crippen molar-refractivity contribution in [2.75, 3.05) is 12.4 Å². The molecule has 0 unspecified atom stereocenters. The molecule has 0 radical (unpaired) electrons. The van der Waals surface area contributed by atoms with Gasteiger partial charge in [0.15, 0.2) is 0 Å². The molecule has 0 amide bonds. The molecule has 0 fully saturated rings. The number of rotatable bonds is 4. The molecule has 0 aliphatic carbocycles. The lowest BCUT2D eigenvalue weighted by molar-refractivity contribution is 1.23. The van der Waals surface area contributed by atoms with E-state index in [1.54, 1.807) is 0 Å². The SMILES string of the molecule is CNc1cc(CSc2ccc(C)cc2C)ccn1. The van der Waals surface area contributed by atoms with Crippen LogP contribution >= 0.6 is 11.8 Å². The molecule has 0 saturated heterocycles. The van der Waals surface area contributed by atoms with Crippen molar-refractivity contribution in [3.63, 3.8) is 0 Å². The van der Waals surface area contributed by atoms with E-state index >= 15 is 0 Å². The van der Waals surface area contributed by atoms with Crippen molar-refractivity contribution >= 4 is 17.6 Å². The van der Waals surface area contributed by atoms with Crippen LogP contribution in [0.4, 0.5) is 5.82 Å². The standard InChI is InChI=1S/C15H18N2S/c1-11-4-5-14(12(2)8-11)18-10-13-6-7-17-15(9-13)16-3/h4-9H,10H2,1-3H3,(H,16,17). The molecular formula is C15H18N2S. The van der Waals surface area contributed by atoms with Crippen LogP contribution in [0.25, 0.3) is 0 Å². The Morgan fingerprint density at radius 1 is 1.17 bits per heavy atom. The third kappa shape index (κ3) is 3.26. The number of nitrogens with zero attached hydrogens (tertiary/aromatic N) is 1. The zero-order chi connectivity index (χ0) is 13.0. The van der Waals surface area contributed by atoms with Crippen molar-refractivity contribution in [2.24, 2.45) is 0 Å². The van der Waals surface area contributed by atoms with E-state index in [0.29, 0.717) is 0 Å². The molecule has 18 heavy (non-hydrogen) atoms. The number of hydrogen-bond donors (Lipinski definition) is 1. The fourth-order valence-electron chi connectivity index (χ4n) is 1.82. The van der Waals surface area contributed by atoms with Gasteiger partial charge in [-0.25, -0.2) is 4.98 Å². The van der Waals surface area contributed by atoms with E-state index < -0.39 is 0 Å². The van der Waals surface area contributed by atoms with Crippen molar-refractivity contribution in [1.29, 1.82) is 0 Å². The first kappa shape index (κ1) is 13.0. The van der Waals surface area contributed by atoms with Crippen LogP contribution in [0.1, 0.15) is 16.7 Å². The topological polar surface area (TPSA) is 24.9 Å². The molecule has 0 atom stereocenters. The van der Waals surface area contributed by atoms with Gasteiger partial charge in [0, 0.05) is 23.9 Å². The normalized spacial score (nSPS) is 10.4. The van der Waals surface area contributed by atoms with Crippen LogP contribution in [0.15, 0.2) is 41.4 Å². The predicted octanol–water partition coefficient (Wildman–Crippen LogP) is 4.03. The Balaban J connectivity index is 2.06. The molecule has 0 aliphatic heterocycles. The average Bonchev–Trinajstić information content (AvgIpc) is 2.38. The van der Waals surface area contributed by atoms with Gasteiger partial charge in [0.05, 0.1) is 0 Å². The molecule has 2 rings (SSSR count). The van der Waals surface area contributed by atoms with Crippen LogP contribution < -0.4 is 5.32 Å². The van der Waals surface area contributed by atoms with Crippen molar-refractivity contribution in [2.45, 2.75) is 24.5 Å².